The van der Waals surface area contributed by atoms with Crippen LogP contribution in [0.5, 0.6) is 0 Å². The van der Waals surface area contributed by atoms with E-state index < -0.39 is 0 Å². The van der Waals surface area contributed by atoms with Crippen LogP contribution in [0.3, 0.4) is 0 Å². The Morgan fingerprint density at radius 3 is 2.17 bits per heavy atom. The average Bonchev–Trinajstić information content (AvgIpc) is 1.41. The quantitative estimate of drug-likeness (QED) is 0.409. The molecule has 0 aromatic heterocycles. The molecule has 1 radical (unpaired) electrons. The summed E-state index contributed by atoms with van der Waals surface area (Å²) in [5.74, 6) is 0. The monoisotopic (exact) mass is 156 g/mol. The van der Waals surface area contributed by atoms with Gasteiger partial charge in [0.15, 0.2) is 0 Å². The van der Waals surface area contributed by atoms with Crippen LogP contribution < -0.4 is 0 Å². The molecule has 0 amide bonds. The predicted molar refractivity (Wildman–Crippen MR) is 22.2 cm³/mol. The zero-order chi connectivity index (χ0) is 4.12. The molecule has 31 valence electrons. The summed E-state index contributed by atoms with van der Waals surface area (Å²) in [4.78, 5) is 3.17. The molecule has 0 heterocycles. The predicted octanol–water partition coefficient (Wildman–Crippen LogP) is 0.551. The molecule has 0 aliphatic carbocycles. The minimum Gasteiger partial charge on any atom is -0.516 e. The van der Waals surface area contributed by atoms with E-state index in [2.05, 4.69) is 11.7 Å². The molecule has 0 saturated heterocycles. The number of rotatable bonds is 2. The minimum absolute atomic E-state index is 0. The van der Waals surface area contributed by atoms with E-state index in [4.69, 9.17) is 6.58 Å². The Hall–Kier alpha value is 0.514. The molecule has 0 aliphatic heterocycles. The number of hydrogen-bond donors (Lipinski definition) is 0. The summed E-state index contributed by atoms with van der Waals surface area (Å²) in [6.07, 6.45) is 1.39. The SMILES string of the molecule is [CH-]=CCN=[CH-].[Y]. The molecule has 6 heavy (non-hydrogen) atoms. The van der Waals surface area contributed by atoms with E-state index in [0.717, 1.165) is 0 Å². The molecule has 0 atom stereocenters. The molecular formula is C4H5NY-2. The standard InChI is InChI=1S/C4H5N.Y/c1-3-4-5-2;/h1-3H,4H2;/q-2;. The molecule has 0 unspecified atom stereocenters. The zero-order valence-corrected chi connectivity index (χ0v) is 6.30. The van der Waals surface area contributed by atoms with Crippen LogP contribution in [0.4, 0.5) is 0 Å². The van der Waals surface area contributed by atoms with Gasteiger partial charge in [-0.05, 0) is 6.54 Å². The molecule has 0 N–H and O–H groups in total. The Bertz CT molecular complexity index is 36.8. The Labute approximate surface area is 63.4 Å². The van der Waals surface area contributed by atoms with Crippen LogP contribution in [0.15, 0.2) is 11.1 Å². The van der Waals surface area contributed by atoms with Gasteiger partial charge in [-0.15, -0.1) is 0 Å². The first kappa shape index (κ1) is 9.72. The van der Waals surface area contributed by atoms with Crippen molar-refractivity contribution in [2.45, 2.75) is 0 Å². The molecule has 0 fully saturated rings. The summed E-state index contributed by atoms with van der Waals surface area (Å²) in [5, 5.41) is 0. The van der Waals surface area contributed by atoms with Crippen LogP contribution in [0.25, 0.3) is 0 Å². The van der Waals surface area contributed by atoms with Crippen LogP contribution in [-0.4, -0.2) is 13.3 Å². The second-order valence-electron chi connectivity index (χ2n) is 0.601. The zero-order valence-electron chi connectivity index (χ0n) is 3.46. The molecule has 0 aromatic carbocycles. The normalized spacial score (nSPS) is 5.33. The summed E-state index contributed by atoms with van der Waals surface area (Å²) in [6, 6.07) is 0. The largest absolute Gasteiger partial charge is 0.516 e. The Morgan fingerprint density at radius 1 is 1.67 bits per heavy atom. The third-order valence-corrected chi connectivity index (χ3v) is 0.211. The van der Waals surface area contributed by atoms with E-state index in [1.165, 1.54) is 6.08 Å². The van der Waals surface area contributed by atoms with Crippen LogP contribution >= 0.6 is 0 Å². The third-order valence-electron chi connectivity index (χ3n) is 0.211. The van der Waals surface area contributed by atoms with E-state index in [9.17, 15) is 0 Å². The molecular weight excluding hydrogens is 151 g/mol. The van der Waals surface area contributed by atoms with E-state index >= 15 is 0 Å². The summed E-state index contributed by atoms with van der Waals surface area (Å²) < 4.78 is 0. The molecule has 0 rings (SSSR count). The van der Waals surface area contributed by atoms with Gasteiger partial charge in [0.25, 0.3) is 0 Å². The van der Waals surface area contributed by atoms with Crippen LogP contribution in [0, 0.1) is 6.58 Å². The molecule has 0 aliphatic rings. The Balaban J connectivity index is 0. The first-order valence-corrected chi connectivity index (χ1v) is 1.32. The maximum atomic E-state index is 4.84. The van der Waals surface area contributed by atoms with Gasteiger partial charge < -0.3 is 18.3 Å². The Morgan fingerprint density at radius 2 is 2.17 bits per heavy atom. The van der Waals surface area contributed by atoms with E-state index in [1.54, 1.807) is 0 Å². The van der Waals surface area contributed by atoms with Crippen molar-refractivity contribution in [2.75, 3.05) is 6.54 Å². The Kier molecular flexibility index (Phi) is 14.7. The van der Waals surface area contributed by atoms with Crippen molar-refractivity contribution in [3.63, 3.8) is 0 Å². The maximum absolute atomic E-state index is 4.84. The first-order chi connectivity index (χ1) is 2.41. The minimum atomic E-state index is 0. The molecule has 2 heteroatoms. The van der Waals surface area contributed by atoms with Crippen LogP contribution in [-0.2, 0) is 32.7 Å². The summed E-state index contributed by atoms with van der Waals surface area (Å²) >= 11 is 0. The van der Waals surface area contributed by atoms with E-state index in [0.29, 0.717) is 6.54 Å². The average molecular weight is 156 g/mol. The van der Waals surface area contributed by atoms with Crippen LogP contribution in [0.2, 0.25) is 0 Å². The van der Waals surface area contributed by atoms with Crippen molar-refractivity contribution >= 4 is 6.72 Å². The van der Waals surface area contributed by atoms with Crippen molar-refractivity contribution in [3.05, 3.63) is 12.7 Å². The van der Waals surface area contributed by atoms with Crippen molar-refractivity contribution in [2.24, 2.45) is 4.99 Å². The summed E-state index contributed by atoms with van der Waals surface area (Å²) in [6.45, 7) is 9.94. The van der Waals surface area contributed by atoms with E-state index in [1.807, 2.05) is 0 Å². The van der Waals surface area contributed by atoms with Gasteiger partial charge in [-0.3, -0.25) is 6.08 Å². The third kappa shape index (κ3) is 8.82. The smallest absolute Gasteiger partial charge is 0 e. The van der Waals surface area contributed by atoms with E-state index in [-0.39, 0.29) is 32.7 Å². The topological polar surface area (TPSA) is 12.4 Å². The van der Waals surface area contributed by atoms with Gasteiger partial charge in [0, 0.05) is 32.7 Å². The number of nitrogens with zero attached hydrogens (tertiary/aromatic N) is 1. The van der Waals surface area contributed by atoms with Crippen molar-refractivity contribution in [3.8, 4) is 0 Å². The second kappa shape index (κ2) is 9.10. The maximum Gasteiger partial charge on any atom is 0 e. The summed E-state index contributed by atoms with van der Waals surface area (Å²) in [5.41, 5.74) is 0. The van der Waals surface area contributed by atoms with Crippen molar-refractivity contribution in [1.82, 2.24) is 0 Å². The fourth-order valence-corrected chi connectivity index (χ4v) is 0.0609. The second-order valence-corrected chi connectivity index (χ2v) is 0.601. The van der Waals surface area contributed by atoms with Gasteiger partial charge in [-0.1, -0.05) is 0 Å². The van der Waals surface area contributed by atoms with Crippen molar-refractivity contribution < 1.29 is 32.7 Å². The van der Waals surface area contributed by atoms with Crippen LogP contribution in [0.1, 0.15) is 0 Å². The fourth-order valence-electron chi connectivity index (χ4n) is 0.0609. The van der Waals surface area contributed by atoms with Gasteiger partial charge >= 0.3 is 0 Å². The number of aliphatic imine (C=N–C) groups is 1. The fraction of sp³-hybridized carbons (Fsp3) is 0.250. The van der Waals surface area contributed by atoms with Crippen molar-refractivity contribution in [1.29, 1.82) is 0 Å². The van der Waals surface area contributed by atoms with Gasteiger partial charge in [0.2, 0.25) is 0 Å². The molecule has 0 saturated carbocycles. The van der Waals surface area contributed by atoms with Gasteiger partial charge in [-0.2, -0.15) is 0 Å². The molecule has 0 spiro atoms. The first-order valence-electron chi connectivity index (χ1n) is 1.32. The molecule has 0 bridgehead atoms. The van der Waals surface area contributed by atoms with Gasteiger partial charge in [0.1, 0.15) is 0 Å². The number of hydrogen-bond acceptors (Lipinski definition) is 1. The molecule has 0 aromatic rings. The van der Waals surface area contributed by atoms with Gasteiger partial charge in [-0.25, -0.2) is 0 Å². The van der Waals surface area contributed by atoms with Gasteiger partial charge in [0.05, 0.1) is 0 Å². The summed E-state index contributed by atoms with van der Waals surface area (Å²) in [7, 11) is 0. The molecule has 1 nitrogen and oxygen atoms in total.